The first kappa shape index (κ1) is 14.7. The number of nitriles is 1. The van der Waals surface area contributed by atoms with Crippen molar-refractivity contribution in [1.82, 2.24) is 0 Å². The number of rotatable bonds is 3. The lowest BCUT2D eigenvalue weighted by molar-refractivity contribution is -0.385. The zero-order chi connectivity index (χ0) is 14.7. The van der Waals surface area contributed by atoms with Crippen molar-refractivity contribution in [3.8, 4) is 6.07 Å². The second-order valence-corrected chi connectivity index (χ2v) is 5.77. The van der Waals surface area contributed by atoms with E-state index in [-0.39, 0.29) is 11.3 Å². The lowest BCUT2D eigenvalue weighted by Gasteiger charge is -2.04. The highest BCUT2D eigenvalue weighted by atomic mass is 35.5. The number of nitro benzene ring substituents is 1. The van der Waals surface area contributed by atoms with Crippen LogP contribution >= 0.6 is 35.0 Å². The quantitative estimate of drug-likeness (QED) is 0.593. The van der Waals surface area contributed by atoms with Crippen LogP contribution in [0.4, 0.5) is 5.69 Å². The minimum absolute atomic E-state index is 0.0214. The SMILES string of the molecule is N#Cc1cc(Sc2cc(Cl)cc(Cl)c2)ccc1[N+](=O)[O-]. The molecule has 2 aromatic carbocycles. The average molecular weight is 325 g/mol. The highest BCUT2D eigenvalue weighted by Gasteiger charge is 2.14. The molecule has 0 aromatic heterocycles. The zero-order valence-corrected chi connectivity index (χ0v) is 12.2. The molecule has 4 nitrogen and oxygen atoms in total. The fraction of sp³-hybridized carbons (Fsp3) is 0. The van der Waals surface area contributed by atoms with Gasteiger partial charge in [0.2, 0.25) is 0 Å². The molecule has 0 N–H and O–H groups in total. The minimum Gasteiger partial charge on any atom is -0.258 e. The highest BCUT2D eigenvalue weighted by molar-refractivity contribution is 7.99. The van der Waals surface area contributed by atoms with Crippen LogP contribution in [0.3, 0.4) is 0 Å². The Morgan fingerprint density at radius 3 is 2.30 bits per heavy atom. The Morgan fingerprint density at radius 2 is 1.75 bits per heavy atom. The third kappa shape index (κ3) is 3.42. The first-order valence-electron chi connectivity index (χ1n) is 5.32. The fourth-order valence-corrected chi connectivity index (χ4v) is 3.16. The van der Waals surface area contributed by atoms with Crippen LogP contribution in [-0.4, -0.2) is 4.92 Å². The molecule has 0 spiro atoms. The molecule has 0 radical (unpaired) electrons. The predicted molar refractivity (Wildman–Crippen MR) is 78.4 cm³/mol. The van der Waals surface area contributed by atoms with Crippen molar-refractivity contribution in [2.75, 3.05) is 0 Å². The molecule has 7 heteroatoms. The number of nitrogens with zero attached hydrogens (tertiary/aromatic N) is 2. The summed E-state index contributed by atoms with van der Waals surface area (Å²) in [5.41, 5.74) is -0.186. The van der Waals surface area contributed by atoms with Gasteiger partial charge in [-0.3, -0.25) is 10.1 Å². The van der Waals surface area contributed by atoms with Gasteiger partial charge in [0.1, 0.15) is 11.6 Å². The Bertz CT molecular complexity index is 709. The molecule has 2 rings (SSSR count). The molecule has 0 saturated heterocycles. The van der Waals surface area contributed by atoms with Crippen molar-refractivity contribution in [3.63, 3.8) is 0 Å². The summed E-state index contributed by atoms with van der Waals surface area (Å²) in [6, 6.07) is 11.3. The summed E-state index contributed by atoms with van der Waals surface area (Å²) >= 11 is 13.1. The maximum Gasteiger partial charge on any atom is 0.287 e. The van der Waals surface area contributed by atoms with Crippen molar-refractivity contribution in [3.05, 3.63) is 62.1 Å². The number of halogens is 2. The monoisotopic (exact) mass is 324 g/mol. The Kier molecular flexibility index (Phi) is 4.50. The van der Waals surface area contributed by atoms with Crippen molar-refractivity contribution in [1.29, 1.82) is 5.26 Å². The van der Waals surface area contributed by atoms with Gasteiger partial charge in [-0.2, -0.15) is 5.26 Å². The second-order valence-electron chi connectivity index (χ2n) is 3.76. The first-order valence-corrected chi connectivity index (χ1v) is 6.89. The summed E-state index contributed by atoms with van der Waals surface area (Å²) < 4.78 is 0. The van der Waals surface area contributed by atoms with Crippen LogP contribution in [0, 0.1) is 21.4 Å². The molecule has 0 aliphatic carbocycles. The molecular formula is C13H6Cl2N2O2S. The van der Waals surface area contributed by atoms with E-state index in [0.29, 0.717) is 14.9 Å². The minimum atomic E-state index is -0.580. The summed E-state index contributed by atoms with van der Waals surface area (Å²) in [5.74, 6) is 0. The van der Waals surface area contributed by atoms with Crippen molar-refractivity contribution < 1.29 is 4.92 Å². The van der Waals surface area contributed by atoms with Gasteiger partial charge in [-0.05, 0) is 30.3 Å². The topological polar surface area (TPSA) is 66.9 Å². The lowest BCUT2D eigenvalue weighted by Crippen LogP contribution is -1.92. The summed E-state index contributed by atoms with van der Waals surface area (Å²) in [7, 11) is 0. The summed E-state index contributed by atoms with van der Waals surface area (Å²) in [6.45, 7) is 0. The second kappa shape index (κ2) is 6.14. The van der Waals surface area contributed by atoms with Gasteiger partial charge in [0.15, 0.2) is 0 Å². The van der Waals surface area contributed by atoms with Crippen molar-refractivity contribution in [2.24, 2.45) is 0 Å². The van der Waals surface area contributed by atoms with E-state index in [4.69, 9.17) is 28.5 Å². The zero-order valence-electron chi connectivity index (χ0n) is 9.84. The number of hydrogen-bond donors (Lipinski definition) is 0. The maximum atomic E-state index is 10.8. The Hall–Kier alpha value is -1.74. The smallest absolute Gasteiger partial charge is 0.258 e. The van der Waals surface area contributed by atoms with Crippen LogP contribution in [0.1, 0.15) is 5.56 Å². The van der Waals surface area contributed by atoms with Gasteiger partial charge in [0.25, 0.3) is 5.69 Å². The molecular weight excluding hydrogens is 319 g/mol. The summed E-state index contributed by atoms with van der Waals surface area (Å²) in [6.07, 6.45) is 0. The van der Waals surface area contributed by atoms with Crippen LogP contribution in [0.15, 0.2) is 46.2 Å². The Labute approximate surface area is 129 Å². The van der Waals surface area contributed by atoms with Gasteiger partial charge >= 0.3 is 0 Å². The highest BCUT2D eigenvalue weighted by Crippen LogP contribution is 2.34. The van der Waals surface area contributed by atoms with Crippen LogP contribution < -0.4 is 0 Å². The molecule has 0 amide bonds. The van der Waals surface area contributed by atoms with E-state index < -0.39 is 4.92 Å². The van der Waals surface area contributed by atoms with Gasteiger partial charge in [-0.1, -0.05) is 35.0 Å². The van der Waals surface area contributed by atoms with Gasteiger partial charge in [0, 0.05) is 25.9 Å². The number of hydrogen-bond acceptors (Lipinski definition) is 4. The predicted octanol–water partition coefficient (Wildman–Crippen LogP) is 4.92. The van der Waals surface area contributed by atoms with Crippen LogP contribution in [-0.2, 0) is 0 Å². The Balaban J connectivity index is 2.35. The molecule has 0 fully saturated rings. The largest absolute Gasteiger partial charge is 0.287 e. The molecule has 0 aliphatic heterocycles. The van der Waals surface area contributed by atoms with Crippen LogP contribution in [0.25, 0.3) is 0 Å². The Morgan fingerprint density at radius 1 is 1.10 bits per heavy atom. The fourth-order valence-electron chi connectivity index (χ4n) is 1.55. The van der Waals surface area contributed by atoms with E-state index in [1.54, 1.807) is 24.3 Å². The van der Waals surface area contributed by atoms with Crippen molar-refractivity contribution in [2.45, 2.75) is 9.79 Å². The standard InChI is InChI=1S/C13H6Cl2N2O2S/c14-9-4-10(15)6-12(5-9)20-11-1-2-13(17(18)19)8(3-11)7-16/h1-6H. The van der Waals surface area contributed by atoms with Crippen molar-refractivity contribution >= 4 is 40.7 Å². The molecule has 100 valence electrons. The first-order chi connectivity index (χ1) is 9.49. The molecule has 0 atom stereocenters. The molecule has 0 saturated carbocycles. The molecule has 0 heterocycles. The summed E-state index contributed by atoms with van der Waals surface area (Å²) in [4.78, 5) is 11.7. The molecule has 0 bridgehead atoms. The molecule has 20 heavy (non-hydrogen) atoms. The third-order valence-electron chi connectivity index (χ3n) is 2.36. The average Bonchev–Trinajstić information content (AvgIpc) is 2.37. The van der Waals surface area contributed by atoms with Crippen LogP contribution in [0.5, 0.6) is 0 Å². The van der Waals surface area contributed by atoms with E-state index >= 15 is 0 Å². The maximum absolute atomic E-state index is 10.8. The molecule has 0 unspecified atom stereocenters. The van der Waals surface area contributed by atoms with Gasteiger partial charge in [-0.25, -0.2) is 0 Å². The summed E-state index contributed by atoms with van der Waals surface area (Å²) in [5, 5.41) is 20.7. The lowest BCUT2D eigenvalue weighted by atomic mass is 10.2. The van der Waals surface area contributed by atoms with E-state index in [1.165, 1.54) is 23.9 Å². The molecule has 2 aromatic rings. The normalized spacial score (nSPS) is 10.1. The van der Waals surface area contributed by atoms with E-state index in [0.717, 1.165) is 4.90 Å². The van der Waals surface area contributed by atoms with Gasteiger partial charge < -0.3 is 0 Å². The molecule has 0 aliphatic rings. The van der Waals surface area contributed by atoms with E-state index in [2.05, 4.69) is 0 Å². The van der Waals surface area contributed by atoms with Gasteiger partial charge in [0.05, 0.1) is 4.92 Å². The number of nitro groups is 1. The van der Waals surface area contributed by atoms with E-state index in [1.807, 2.05) is 6.07 Å². The number of benzene rings is 2. The third-order valence-corrected chi connectivity index (χ3v) is 3.75. The van der Waals surface area contributed by atoms with Gasteiger partial charge in [-0.15, -0.1) is 0 Å². The van der Waals surface area contributed by atoms with Crippen LogP contribution in [0.2, 0.25) is 10.0 Å². The van der Waals surface area contributed by atoms with E-state index in [9.17, 15) is 10.1 Å².